The van der Waals surface area contributed by atoms with Gasteiger partial charge < -0.3 is 26.6 Å². The average Bonchev–Trinajstić information content (AvgIpc) is 2.80. The molecule has 2 saturated carbocycles. The number of nitrogens with two attached hydrogens (primary N) is 1. The van der Waals surface area contributed by atoms with Crippen molar-refractivity contribution < 1.29 is 15.1 Å². The maximum atomic E-state index is 11.0. The van der Waals surface area contributed by atoms with Gasteiger partial charge >= 0.3 is 0 Å². The molecule has 0 spiro atoms. The van der Waals surface area contributed by atoms with E-state index in [2.05, 4.69) is 42.5 Å². The molecule has 0 unspecified atom stereocenters. The number of hydrogen-bond acceptors (Lipinski definition) is 7. The fourth-order valence-electron chi connectivity index (χ4n) is 4.32. The molecule has 4 rings (SSSR count). The van der Waals surface area contributed by atoms with E-state index in [1.54, 1.807) is 12.1 Å². The lowest BCUT2D eigenvalue weighted by atomic mass is 9.93. The number of halogens is 2. The molecular weight excluding hydrogens is 568 g/mol. The molecular formula is C24H32Br2N4O4. The van der Waals surface area contributed by atoms with Crippen LogP contribution in [0.1, 0.15) is 51.4 Å². The van der Waals surface area contributed by atoms with E-state index >= 15 is 0 Å². The zero-order chi connectivity index (χ0) is 24.7. The van der Waals surface area contributed by atoms with Crippen LogP contribution in [0.3, 0.4) is 0 Å². The van der Waals surface area contributed by atoms with E-state index < -0.39 is 0 Å². The highest BCUT2D eigenvalue weighted by Gasteiger charge is 2.22. The molecule has 2 fully saturated rings. The first-order valence-electron chi connectivity index (χ1n) is 11.6. The number of benzene rings is 2. The number of nitro groups is 1. The van der Waals surface area contributed by atoms with Crippen LogP contribution >= 0.6 is 31.9 Å². The minimum absolute atomic E-state index is 0.0792. The number of aliphatic hydroxyl groups excluding tert-OH is 2. The van der Waals surface area contributed by atoms with Gasteiger partial charge in [0.15, 0.2) is 0 Å². The molecule has 0 radical (unpaired) electrons. The zero-order valence-corrected chi connectivity index (χ0v) is 22.1. The van der Waals surface area contributed by atoms with E-state index in [4.69, 9.17) is 5.73 Å². The number of nitrogen functional groups attached to an aromatic ring is 1. The van der Waals surface area contributed by atoms with Gasteiger partial charge in [-0.05, 0) is 81.7 Å². The van der Waals surface area contributed by atoms with Crippen LogP contribution < -0.4 is 16.4 Å². The Morgan fingerprint density at radius 2 is 1.24 bits per heavy atom. The summed E-state index contributed by atoms with van der Waals surface area (Å²) in [7, 11) is 0. The predicted molar refractivity (Wildman–Crippen MR) is 143 cm³/mol. The van der Waals surface area contributed by atoms with E-state index in [0.29, 0.717) is 16.2 Å². The van der Waals surface area contributed by atoms with E-state index in [-0.39, 0.29) is 28.9 Å². The van der Waals surface area contributed by atoms with Crippen LogP contribution in [0, 0.1) is 10.1 Å². The third-order valence-electron chi connectivity index (χ3n) is 6.28. The van der Waals surface area contributed by atoms with Gasteiger partial charge in [-0.2, -0.15) is 0 Å². The number of nitrogens with zero attached hydrogens (tertiary/aromatic N) is 1. The Bertz CT molecular complexity index is 962. The van der Waals surface area contributed by atoms with Gasteiger partial charge in [0.05, 0.1) is 28.5 Å². The van der Waals surface area contributed by atoms with Crippen molar-refractivity contribution in [3.63, 3.8) is 0 Å². The second-order valence-corrected chi connectivity index (χ2v) is 10.8. The smallest absolute Gasteiger partial charge is 0.293 e. The lowest BCUT2D eigenvalue weighted by molar-refractivity contribution is -0.384. The molecule has 0 amide bonds. The fraction of sp³-hybridized carbons (Fsp3) is 0.500. The molecule has 8 nitrogen and oxygen atoms in total. The average molecular weight is 600 g/mol. The van der Waals surface area contributed by atoms with Gasteiger partial charge in [0.1, 0.15) is 5.69 Å². The lowest BCUT2D eigenvalue weighted by Gasteiger charge is -2.27. The van der Waals surface area contributed by atoms with E-state index in [0.717, 1.165) is 67.2 Å². The number of rotatable bonds is 5. The topological polar surface area (TPSA) is 134 Å². The Kier molecular flexibility index (Phi) is 9.99. The van der Waals surface area contributed by atoms with Crippen molar-refractivity contribution in [1.82, 2.24) is 0 Å². The van der Waals surface area contributed by atoms with E-state index in [1.807, 2.05) is 18.2 Å². The Morgan fingerprint density at radius 1 is 0.794 bits per heavy atom. The van der Waals surface area contributed by atoms with Crippen molar-refractivity contribution in [2.45, 2.75) is 75.7 Å². The molecule has 2 aromatic carbocycles. The number of aliphatic hydroxyl groups is 2. The highest BCUT2D eigenvalue weighted by Crippen LogP contribution is 2.31. The maximum Gasteiger partial charge on any atom is 0.293 e. The van der Waals surface area contributed by atoms with Gasteiger partial charge in [-0.25, -0.2) is 0 Å². The van der Waals surface area contributed by atoms with Crippen LogP contribution in [0.5, 0.6) is 0 Å². The molecule has 2 aliphatic rings. The molecule has 0 aliphatic heterocycles. The summed E-state index contributed by atoms with van der Waals surface area (Å²) in [4.78, 5) is 10.6. The zero-order valence-electron chi connectivity index (χ0n) is 18.9. The molecule has 0 heterocycles. The van der Waals surface area contributed by atoms with E-state index in [9.17, 15) is 20.3 Å². The summed E-state index contributed by atoms with van der Waals surface area (Å²) in [5.74, 6) is 0. The summed E-state index contributed by atoms with van der Waals surface area (Å²) >= 11 is 6.62. The third-order valence-corrected chi connectivity index (χ3v) is 7.27. The predicted octanol–water partition coefficient (Wildman–Crippen LogP) is 5.82. The Hall–Kier alpha value is -1.88. The van der Waals surface area contributed by atoms with Gasteiger partial charge in [0.25, 0.3) is 5.69 Å². The van der Waals surface area contributed by atoms with Gasteiger partial charge in [-0.15, -0.1) is 0 Å². The first-order chi connectivity index (χ1) is 16.2. The first-order valence-corrected chi connectivity index (χ1v) is 13.2. The Labute approximate surface area is 216 Å². The molecule has 0 bridgehead atoms. The third kappa shape index (κ3) is 8.11. The summed E-state index contributed by atoms with van der Waals surface area (Å²) in [6.45, 7) is 0. The maximum absolute atomic E-state index is 11.0. The minimum atomic E-state index is -0.384. The Morgan fingerprint density at radius 3 is 1.71 bits per heavy atom. The molecule has 0 aromatic heterocycles. The second-order valence-electron chi connectivity index (χ2n) is 8.95. The summed E-state index contributed by atoms with van der Waals surface area (Å²) in [5, 5.41) is 36.5. The first kappa shape index (κ1) is 26.7. The molecule has 0 atom stereocenters. The van der Waals surface area contributed by atoms with Crippen molar-refractivity contribution in [2.75, 3.05) is 16.4 Å². The van der Waals surface area contributed by atoms with Crippen LogP contribution in [0.25, 0.3) is 0 Å². The Balaban J connectivity index is 0.000000192. The van der Waals surface area contributed by atoms with Crippen LogP contribution in [0.4, 0.5) is 22.7 Å². The van der Waals surface area contributed by atoms with E-state index in [1.165, 1.54) is 6.07 Å². The highest BCUT2D eigenvalue weighted by molar-refractivity contribution is 9.10. The highest BCUT2D eigenvalue weighted by atomic mass is 79.9. The minimum Gasteiger partial charge on any atom is -0.397 e. The van der Waals surface area contributed by atoms with Gasteiger partial charge in [0.2, 0.25) is 0 Å². The monoisotopic (exact) mass is 598 g/mol. The summed E-state index contributed by atoms with van der Waals surface area (Å²) in [6, 6.07) is 11.5. The molecule has 2 aromatic rings. The summed E-state index contributed by atoms with van der Waals surface area (Å²) in [6.07, 6.45) is 6.64. The largest absolute Gasteiger partial charge is 0.397 e. The van der Waals surface area contributed by atoms with Gasteiger partial charge in [0, 0.05) is 27.1 Å². The molecule has 2 aliphatic carbocycles. The molecule has 186 valence electrons. The van der Waals surface area contributed by atoms with Crippen LogP contribution in [0.15, 0.2) is 45.3 Å². The van der Waals surface area contributed by atoms with Gasteiger partial charge in [-0.3, -0.25) is 10.1 Å². The van der Waals surface area contributed by atoms with Gasteiger partial charge in [-0.1, -0.05) is 31.9 Å². The lowest BCUT2D eigenvalue weighted by Crippen LogP contribution is -2.28. The van der Waals surface area contributed by atoms with Crippen LogP contribution in [-0.2, 0) is 0 Å². The van der Waals surface area contributed by atoms with Crippen molar-refractivity contribution in [3.05, 3.63) is 55.5 Å². The standard InChI is InChI=1S/C12H15BrN2O3.C12H17BrN2O/c13-8-1-6-11(12(7-8)15(17)18)14-9-2-4-10(16)5-3-9;13-8-1-6-12(11(14)7-8)15-9-2-4-10(16)5-3-9/h1,6-7,9-10,14,16H,2-5H2;1,6-7,9-10,15-16H,2-5,14H2. The number of anilines is 3. The SMILES string of the molecule is Nc1cc(Br)ccc1NC1CCC(O)CC1.O=[N+]([O-])c1cc(Br)ccc1NC1CCC(O)CC1. The quantitative estimate of drug-likeness (QED) is 0.166. The number of hydrogen-bond donors (Lipinski definition) is 5. The van der Waals surface area contributed by atoms with Crippen molar-refractivity contribution in [3.8, 4) is 0 Å². The normalized spacial score (nSPS) is 24.5. The van der Waals surface area contributed by atoms with Crippen molar-refractivity contribution >= 4 is 54.6 Å². The molecule has 0 saturated heterocycles. The molecule has 10 heteroatoms. The van der Waals surface area contributed by atoms with Crippen molar-refractivity contribution in [1.29, 1.82) is 0 Å². The summed E-state index contributed by atoms with van der Waals surface area (Å²) < 4.78 is 1.69. The van der Waals surface area contributed by atoms with Crippen LogP contribution in [-0.4, -0.2) is 39.4 Å². The van der Waals surface area contributed by atoms with Crippen molar-refractivity contribution in [2.24, 2.45) is 0 Å². The molecule has 34 heavy (non-hydrogen) atoms. The molecule has 6 N–H and O–H groups in total. The number of nitrogens with one attached hydrogen (secondary N) is 2. The fourth-order valence-corrected chi connectivity index (χ4v) is 5.05. The summed E-state index contributed by atoms with van der Waals surface area (Å²) in [5.41, 5.74) is 8.30. The number of nitro benzene ring substituents is 1. The second kappa shape index (κ2) is 12.7. The van der Waals surface area contributed by atoms with Crippen LogP contribution in [0.2, 0.25) is 0 Å².